The van der Waals surface area contributed by atoms with Gasteiger partial charge in [0.15, 0.2) is 0 Å². The first-order valence-electron chi connectivity index (χ1n) is 4.75. The van der Waals surface area contributed by atoms with Crippen molar-refractivity contribution in [3.05, 3.63) is 0 Å². The first kappa shape index (κ1) is 18.3. The quantitative estimate of drug-likeness (QED) is 0.735. The van der Waals surface area contributed by atoms with E-state index < -0.39 is 0 Å². The molecule has 3 nitrogen and oxygen atoms in total. The van der Waals surface area contributed by atoms with Crippen molar-refractivity contribution < 1.29 is 12.9 Å². The molecule has 0 rings (SSSR count). The third-order valence-corrected chi connectivity index (χ3v) is 1.86. The normalized spacial score (nSPS) is 11.1. The van der Waals surface area contributed by atoms with Crippen LogP contribution in [0.5, 0.6) is 0 Å². The third kappa shape index (κ3) is 20.9. The molecule has 0 aliphatic heterocycles. The summed E-state index contributed by atoms with van der Waals surface area (Å²) in [5.74, 6) is 0. The zero-order valence-corrected chi connectivity index (χ0v) is 12.8. The first-order chi connectivity index (χ1) is 6.93. The Balaban J connectivity index is 0. The van der Waals surface area contributed by atoms with Gasteiger partial charge in [-0.25, -0.2) is 0 Å². The summed E-state index contributed by atoms with van der Waals surface area (Å²) in [7, 11) is 20.1. The molecule has 0 heterocycles. The molecule has 6 heteroatoms. The molecule has 97 valence electrons. The van der Waals surface area contributed by atoms with Crippen LogP contribution < -0.4 is 0 Å². The van der Waals surface area contributed by atoms with Crippen molar-refractivity contribution in [1.82, 2.24) is 14.7 Å². The first-order valence-corrected chi connectivity index (χ1v) is 7.62. The third-order valence-electron chi connectivity index (χ3n) is 1.86. The van der Waals surface area contributed by atoms with Gasteiger partial charge in [0.1, 0.15) is 0 Å². The Morgan fingerprint density at radius 3 is 1.20 bits per heavy atom. The van der Waals surface area contributed by atoms with Crippen molar-refractivity contribution in [3.63, 3.8) is 0 Å². The molecule has 0 saturated heterocycles. The summed E-state index contributed by atoms with van der Waals surface area (Å²) in [6.07, 6.45) is 0. The molecular weight excluding hydrogens is 280 g/mol. The Morgan fingerprint density at radius 2 is 1.00 bits per heavy atom. The zero-order valence-electron chi connectivity index (χ0n) is 10.3. The number of hydrogen-bond acceptors (Lipinski definition) is 3. The van der Waals surface area contributed by atoms with Gasteiger partial charge in [0.2, 0.25) is 0 Å². The molecule has 0 N–H and O–H groups in total. The number of likely N-dealkylation sites (N-methyl/N-ethyl adjacent to an activating group) is 3. The van der Waals surface area contributed by atoms with Crippen molar-refractivity contribution in [2.45, 2.75) is 0 Å². The number of hydrogen-bond donors (Lipinski definition) is 0. The standard InChI is InChI=1S/C9H23N3.2ClH.Co/c1-10(2)6-8-12(5)9-7-11(3)4;;;/h6-9H2,1-5H3;2*1H;/q;;;+2/p-2. The van der Waals surface area contributed by atoms with Crippen molar-refractivity contribution in [1.29, 1.82) is 0 Å². The van der Waals surface area contributed by atoms with Crippen LogP contribution in [0.3, 0.4) is 0 Å². The van der Waals surface area contributed by atoms with E-state index in [9.17, 15) is 0 Å². The second-order valence-corrected chi connectivity index (χ2v) is 5.68. The molecule has 0 amide bonds. The van der Waals surface area contributed by atoms with E-state index >= 15 is 0 Å². The minimum atomic E-state index is 0.382. The van der Waals surface area contributed by atoms with Crippen LogP contribution in [0.15, 0.2) is 0 Å². The molecule has 0 atom stereocenters. The van der Waals surface area contributed by atoms with E-state index in [1.165, 1.54) is 0 Å². The molecule has 0 unspecified atom stereocenters. The van der Waals surface area contributed by atoms with Crippen LogP contribution in [0.25, 0.3) is 0 Å². The van der Waals surface area contributed by atoms with Crippen molar-refractivity contribution >= 4 is 20.3 Å². The van der Waals surface area contributed by atoms with Crippen LogP contribution in [0, 0.1) is 0 Å². The van der Waals surface area contributed by atoms with Crippen LogP contribution in [0.4, 0.5) is 0 Å². The van der Waals surface area contributed by atoms with E-state index in [-0.39, 0.29) is 0 Å². The van der Waals surface area contributed by atoms with E-state index in [2.05, 4.69) is 49.9 Å². The van der Waals surface area contributed by atoms with Crippen LogP contribution in [0.2, 0.25) is 0 Å². The van der Waals surface area contributed by atoms with Gasteiger partial charge >= 0.3 is 33.2 Å². The number of halogens is 2. The molecule has 0 bridgehead atoms. The van der Waals surface area contributed by atoms with Gasteiger partial charge in [-0.05, 0) is 35.2 Å². The summed E-state index contributed by atoms with van der Waals surface area (Å²) in [6, 6.07) is 0. The molecular formula is C9H23Cl2CoN3. The van der Waals surface area contributed by atoms with Gasteiger partial charge in [-0.15, -0.1) is 0 Å². The second-order valence-electron chi connectivity index (χ2n) is 3.96. The molecule has 0 radical (unpaired) electrons. The van der Waals surface area contributed by atoms with Crippen LogP contribution in [-0.4, -0.2) is 76.1 Å². The van der Waals surface area contributed by atoms with Gasteiger partial charge in [-0.2, -0.15) is 0 Å². The SMILES string of the molecule is CN(C)CCN(C)CCN(C)C.[Cl][Co][Cl]. The van der Waals surface area contributed by atoms with Crippen molar-refractivity contribution in [2.75, 3.05) is 61.4 Å². The van der Waals surface area contributed by atoms with E-state index in [0.29, 0.717) is 12.9 Å². The van der Waals surface area contributed by atoms with E-state index in [4.69, 9.17) is 20.3 Å². The fourth-order valence-electron chi connectivity index (χ4n) is 0.853. The predicted molar refractivity (Wildman–Crippen MR) is 66.3 cm³/mol. The van der Waals surface area contributed by atoms with Crippen LogP contribution in [-0.2, 0) is 12.9 Å². The zero-order chi connectivity index (χ0) is 12.3. The summed E-state index contributed by atoms with van der Waals surface area (Å²) in [5.41, 5.74) is 0. The summed E-state index contributed by atoms with van der Waals surface area (Å²) >= 11 is 0.382. The molecule has 0 aromatic carbocycles. The maximum atomic E-state index is 4.73. The monoisotopic (exact) mass is 302 g/mol. The average molecular weight is 303 g/mol. The van der Waals surface area contributed by atoms with E-state index in [0.717, 1.165) is 26.2 Å². The van der Waals surface area contributed by atoms with E-state index in [1.807, 2.05) is 0 Å². The fourth-order valence-corrected chi connectivity index (χ4v) is 0.853. The fraction of sp³-hybridized carbons (Fsp3) is 1.00. The van der Waals surface area contributed by atoms with Gasteiger partial charge in [-0.1, -0.05) is 0 Å². The molecule has 15 heavy (non-hydrogen) atoms. The second kappa shape index (κ2) is 13.0. The van der Waals surface area contributed by atoms with Crippen molar-refractivity contribution in [3.8, 4) is 0 Å². The number of nitrogens with zero attached hydrogens (tertiary/aromatic N) is 3. The average Bonchev–Trinajstić information content (AvgIpc) is 2.12. The molecule has 0 aromatic heterocycles. The minimum absolute atomic E-state index is 0.382. The Labute approximate surface area is 109 Å². The van der Waals surface area contributed by atoms with Gasteiger partial charge in [0.25, 0.3) is 0 Å². The van der Waals surface area contributed by atoms with Crippen molar-refractivity contribution in [2.24, 2.45) is 0 Å². The molecule has 0 saturated carbocycles. The Morgan fingerprint density at radius 1 is 0.733 bits per heavy atom. The predicted octanol–water partition coefficient (Wildman–Crippen LogP) is 1.42. The summed E-state index contributed by atoms with van der Waals surface area (Å²) in [4.78, 5) is 6.79. The summed E-state index contributed by atoms with van der Waals surface area (Å²) < 4.78 is 0. The van der Waals surface area contributed by atoms with Gasteiger partial charge in [0.05, 0.1) is 0 Å². The number of rotatable bonds is 6. The molecule has 0 aliphatic carbocycles. The Bertz CT molecular complexity index is 114. The molecule has 0 spiro atoms. The Kier molecular flexibility index (Phi) is 15.9. The maximum absolute atomic E-state index is 4.73. The summed E-state index contributed by atoms with van der Waals surface area (Å²) in [6.45, 7) is 4.59. The molecule has 0 fully saturated rings. The molecule has 0 aromatic rings. The van der Waals surface area contributed by atoms with E-state index in [1.54, 1.807) is 0 Å². The summed E-state index contributed by atoms with van der Waals surface area (Å²) in [5, 5.41) is 0. The van der Waals surface area contributed by atoms with Gasteiger partial charge in [-0.3, -0.25) is 0 Å². The molecule has 0 aliphatic rings. The van der Waals surface area contributed by atoms with Gasteiger partial charge < -0.3 is 14.7 Å². The van der Waals surface area contributed by atoms with Gasteiger partial charge in [0, 0.05) is 26.2 Å². The van der Waals surface area contributed by atoms with Crippen LogP contribution >= 0.6 is 20.3 Å². The Hall–Kier alpha value is 0.966. The van der Waals surface area contributed by atoms with Crippen LogP contribution in [0.1, 0.15) is 0 Å². The topological polar surface area (TPSA) is 9.72 Å².